The number of amides is 1. The lowest BCUT2D eigenvalue weighted by Gasteiger charge is -2.20. The van der Waals surface area contributed by atoms with Crippen molar-refractivity contribution in [2.75, 3.05) is 13.1 Å². The number of carbonyl (C=O) groups excluding carboxylic acids is 1. The van der Waals surface area contributed by atoms with Crippen LogP contribution >= 0.6 is 0 Å². The molecule has 0 atom stereocenters. The third-order valence-electron chi connectivity index (χ3n) is 3.00. The Bertz CT molecular complexity index is 395. The third kappa shape index (κ3) is 4.36. The quantitative estimate of drug-likeness (QED) is 0.747. The van der Waals surface area contributed by atoms with E-state index in [0.29, 0.717) is 13.0 Å². The van der Waals surface area contributed by atoms with Crippen molar-refractivity contribution in [2.24, 2.45) is 0 Å². The van der Waals surface area contributed by atoms with Crippen LogP contribution in [-0.2, 0) is 4.79 Å². The second-order valence-corrected chi connectivity index (χ2v) is 4.45. The van der Waals surface area contributed by atoms with Crippen molar-refractivity contribution in [1.29, 1.82) is 0 Å². The van der Waals surface area contributed by atoms with Crippen molar-refractivity contribution in [1.82, 2.24) is 4.90 Å². The van der Waals surface area contributed by atoms with Crippen molar-refractivity contribution in [2.45, 2.75) is 33.6 Å². The van der Waals surface area contributed by atoms with Crippen LogP contribution in [0.1, 0.15) is 39.2 Å². The van der Waals surface area contributed by atoms with Gasteiger partial charge in [-0.15, -0.1) is 0 Å². The van der Waals surface area contributed by atoms with Crippen LogP contribution in [-0.4, -0.2) is 23.9 Å². The summed E-state index contributed by atoms with van der Waals surface area (Å²) >= 11 is 0. The fourth-order valence-corrected chi connectivity index (χ4v) is 1.88. The number of carbonyl (C=O) groups is 1. The summed E-state index contributed by atoms with van der Waals surface area (Å²) < 4.78 is 0. The zero-order chi connectivity index (χ0) is 13.4. The largest absolute Gasteiger partial charge is 0.339 e. The van der Waals surface area contributed by atoms with E-state index in [-0.39, 0.29) is 5.91 Å². The summed E-state index contributed by atoms with van der Waals surface area (Å²) in [6, 6.07) is 10.3. The van der Waals surface area contributed by atoms with E-state index in [4.69, 9.17) is 0 Å². The number of rotatable bonds is 6. The van der Waals surface area contributed by atoms with Gasteiger partial charge in [-0.1, -0.05) is 50.3 Å². The van der Waals surface area contributed by atoms with Gasteiger partial charge in [-0.3, -0.25) is 4.79 Å². The molecule has 1 rings (SSSR count). The Labute approximate surface area is 110 Å². The molecule has 2 heteroatoms. The van der Waals surface area contributed by atoms with Gasteiger partial charge in [-0.05, 0) is 24.5 Å². The van der Waals surface area contributed by atoms with Crippen LogP contribution in [0, 0.1) is 0 Å². The van der Waals surface area contributed by atoms with E-state index in [1.807, 2.05) is 30.0 Å². The first kappa shape index (κ1) is 14.5. The Hall–Kier alpha value is -1.57. The molecule has 0 saturated heterocycles. The molecule has 1 aromatic carbocycles. The van der Waals surface area contributed by atoms with Gasteiger partial charge in [0.1, 0.15) is 0 Å². The van der Waals surface area contributed by atoms with Gasteiger partial charge in [0.05, 0.1) is 0 Å². The van der Waals surface area contributed by atoms with Crippen LogP contribution in [0.4, 0.5) is 0 Å². The van der Waals surface area contributed by atoms with E-state index < -0.39 is 0 Å². The highest BCUT2D eigenvalue weighted by molar-refractivity contribution is 5.76. The maximum atomic E-state index is 11.7. The Balaban J connectivity index is 2.68. The molecule has 0 spiro atoms. The van der Waals surface area contributed by atoms with Crippen LogP contribution < -0.4 is 0 Å². The predicted molar refractivity (Wildman–Crippen MR) is 77.3 cm³/mol. The molecule has 0 heterocycles. The standard InChI is InChI=1S/C16H23NO/c1-4-12-17(16(18)5-2)13-11-14(3)15-9-7-6-8-10-15/h6-11H,4-5,12-13H2,1-3H3/b14-11-. The van der Waals surface area contributed by atoms with E-state index in [1.54, 1.807) is 0 Å². The van der Waals surface area contributed by atoms with Crippen molar-refractivity contribution < 1.29 is 4.79 Å². The number of allylic oxidation sites excluding steroid dienone is 1. The highest BCUT2D eigenvalue weighted by Gasteiger charge is 2.08. The summed E-state index contributed by atoms with van der Waals surface area (Å²) in [7, 11) is 0. The fraction of sp³-hybridized carbons (Fsp3) is 0.438. The monoisotopic (exact) mass is 245 g/mol. The molecule has 1 aromatic rings. The Kier molecular flexibility index (Phi) is 6.20. The van der Waals surface area contributed by atoms with Gasteiger partial charge in [0, 0.05) is 19.5 Å². The first-order chi connectivity index (χ1) is 8.69. The summed E-state index contributed by atoms with van der Waals surface area (Å²) in [4.78, 5) is 13.7. The SMILES string of the molecule is CCCN(C/C=C(/C)c1ccccc1)C(=O)CC. The number of benzene rings is 1. The molecule has 0 unspecified atom stereocenters. The minimum absolute atomic E-state index is 0.231. The molecule has 18 heavy (non-hydrogen) atoms. The molecule has 1 amide bonds. The second-order valence-electron chi connectivity index (χ2n) is 4.45. The molecule has 0 fully saturated rings. The van der Waals surface area contributed by atoms with E-state index in [2.05, 4.69) is 32.1 Å². The molecule has 0 aliphatic carbocycles. The molecule has 0 aliphatic rings. The number of hydrogen-bond donors (Lipinski definition) is 0. The first-order valence-corrected chi connectivity index (χ1v) is 6.69. The van der Waals surface area contributed by atoms with E-state index in [1.165, 1.54) is 11.1 Å². The molecule has 0 aromatic heterocycles. The lowest BCUT2D eigenvalue weighted by Crippen LogP contribution is -2.31. The zero-order valence-electron chi connectivity index (χ0n) is 11.6. The van der Waals surface area contributed by atoms with Crippen LogP contribution in [0.3, 0.4) is 0 Å². The Morgan fingerprint density at radius 1 is 1.22 bits per heavy atom. The molecular formula is C16H23NO. The Morgan fingerprint density at radius 3 is 2.44 bits per heavy atom. The van der Waals surface area contributed by atoms with Crippen LogP contribution in [0.2, 0.25) is 0 Å². The first-order valence-electron chi connectivity index (χ1n) is 6.69. The average Bonchev–Trinajstić information content (AvgIpc) is 2.43. The molecule has 2 nitrogen and oxygen atoms in total. The highest BCUT2D eigenvalue weighted by Crippen LogP contribution is 2.12. The normalized spacial score (nSPS) is 11.4. The third-order valence-corrected chi connectivity index (χ3v) is 3.00. The molecular weight excluding hydrogens is 222 g/mol. The molecule has 0 aliphatic heterocycles. The van der Waals surface area contributed by atoms with Crippen LogP contribution in [0.15, 0.2) is 36.4 Å². The van der Waals surface area contributed by atoms with Crippen molar-refractivity contribution in [3.8, 4) is 0 Å². The lowest BCUT2D eigenvalue weighted by atomic mass is 10.1. The molecule has 0 bridgehead atoms. The van der Waals surface area contributed by atoms with Crippen LogP contribution in [0.25, 0.3) is 5.57 Å². The number of hydrogen-bond acceptors (Lipinski definition) is 1. The van der Waals surface area contributed by atoms with Crippen LogP contribution in [0.5, 0.6) is 0 Å². The smallest absolute Gasteiger partial charge is 0.222 e. The average molecular weight is 245 g/mol. The predicted octanol–water partition coefficient (Wildman–Crippen LogP) is 3.74. The van der Waals surface area contributed by atoms with Gasteiger partial charge >= 0.3 is 0 Å². The summed E-state index contributed by atoms with van der Waals surface area (Å²) in [6.45, 7) is 7.66. The molecule has 0 radical (unpaired) electrons. The van der Waals surface area contributed by atoms with Gasteiger partial charge < -0.3 is 4.90 Å². The van der Waals surface area contributed by atoms with E-state index in [9.17, 15) is 4.79 Å². The van der Waals surface area contributed by atoms with E-state index in [0.717, 1.165) is 13.0 Å². The molecule has 0 N–H and O–H groups in total. The zero-order valence-corrected chi connectivity index (χ0v) is 11.6. The number of nitrogens with zero attached hydrogens (tertiary/aromatic N) is 1. The van der Waals surface area contributed by atoms with Crippen molar-refractivity contribution >= 4 is 11.5 Å². The summed E-state index contributed by atoms with van der Waals surface area (Å²) in [5.74, 6) is 0.231. The van der Waals surface area contributed by atoms with E-state index >= 15 is 0 Å². The fourth-order valence-electron chi connectivity index (χ4n) is 1.88. The lowest BCUT2D eigenvalue weighted by molar-refractivity contribution is -0.130. The maximum absolute atomic E-state index is 11.7. The Morgan fingerprint density at radius 2 is 1.89 bits per heavy atom. The van der Waals surface area contributed by atoms with Crippen molar-refractivity contribution in [3.05, 3.63) is 42.0 Å². The summed E-state index contributed by atoms with van der Waals surface area (Å²) in [5.41, 5.74) is 2.44. The van der Waals surface area contributed by atoms with Gasteiger partial charge in [-0.2, -0.15) is 0 Å². The van der Waals surface area contributed by atoms with Crippen molar-refractivity contribution in [3.63, 3.8) is 0 Å². The van der Waals surface area contributed by atoms with Gasteiger partial charge in [0.15, 0.2) is 0 Å². The molecule has 0 saturated carbocycles. The minimum atomic E-state index is 0.231. The van der Waals surface area contributed by atoms with Gasteiger partial charge in [0.2, 0.25) is 5.91 Å². The summed E-state index contributed by atoms with van der Waals surface area (Å²) in [6.07, 6.45) is 3.72. The minimum Gasteiger partial charge on any atom is -0.339 e. The summed E-state index contributed by atoms with van der Waals surface area (Å²) in [5, 5.41) is 0. The maximum Gasteiger partial charge on any atom is 0.222 e. The second kappa shape index (κ2) is 7.70. The molecule has 98 valence electrons. The van der Waals surface area contributed by atoms with Gasteiger partial charge in [0.25, 0.3) is 0 Å². The highest BCUT2D eigenvalue weighted by atomic mass is 16.2. The van der Waals surface area contributed by atoms with Gasteiger partial charge in [-0.25, -0.2) is 0 Å². The topological polar surface area (TPSA) is 20.3 Å².